The fourth-order valence-electron chi connectivity index (χ4n) is 4.08. The molecule has 0 radical (unpaired) electrons. The number of aromatic amines is 1. The fraction of sp³-hybridized carbons (Fsp3) is 0.241. The van der Waals surface area contributed by atoms with Gasteiger partial charge in [-0.15, -0.1) is 0 Å². The first-order valence-corrected chi connectivity index (χ1v) is 12.1. The van der Waals surface area contributed by atoms with Crippen LogP contribution in [0.2, 0.25) is 0 Å². The molecule has 0 aliphatic carbocycles. The zero-order valence-corrected chi connectivity index (χ0v) is 21.1. The van der Waals surface area contributed by atoms with Crippen molar-refractivity contribution in [2.75, 3.05) is 11.4 Å². The molecule has 2 N–H and O–H groups in total. The number of aromatic nitrogens is 3. The molecule has 0 spiro atoms. The number of hydrogen-bond acceptors (Lipinski definition) is 4. The minimum Gasteiger partial charge on any atom is -0.354 e. The third-order valence-corrected chi connectivity index (χ3v) is 6.04. The van der Waals surface area contributed by atoms with E-state index in [0.717, 1.165) is 11.1 Å². The van der Waals surface area contributed by atoms with Gasteiger partial charge in [-0.25, -0.2) is 9.37 Å². The average Bonchev–Trinajstić information content (AvgIpc) is 3.42. The van der Waals surface area contributed by atoms with Gasteiger partial charge in [-0.3, -0.25) is 19.5 Å². The molecule has 4 aromatic rings. The van der Waals surface area contributed by atoms with E-state index in [2.05, 4.69) is 41.0 Å². The van der Waals surface area contributed by atoms with Gasteiger partial charge >= 0.3 is 0 Å². The van der Waals surface area contributed by atoms with Crippen LogP contribution >= 0.6 is 0 Å². The van der Waals surface area contributed by atoms with E-state index in [0.29, 0.717) is 17.7 Å². The average molecular weight is 500 g/mol. The number of nitrogens with zero attached hydrogens (tertiary/aromatic N) is 3. The summed E-state index contributed by atoms with van der Waals surface area (Å²) in [4.78, 5) is 40.0. The third-order valence-electron chi connectivity index (χ3n) is 6.04. The predicted molar refractivity (Wildman–Crippen MR) is 141 cm³/mol. The first-order valence-electron chi connectivity index (χ1n) is 12.1. The largest absolute Gasteiger partial charge is 0.354 e. The summed E-state index contributed by atoms with van der Waals surface area (Å²) >= 11 is 0. The quantitative estimate of drug-likeness (QED) is 0.357. The second-order valence-electron chi connectivity index (χ2n) is 9.77. The number of carbonyl (C=O) groups excluding carboxylic acids is 2. The van der Waals surface area contributed by atoms with Crippen molar-refractivity contribution in [2.45, 2.75) is 38.6 Å². The minimum absolute atomic E-state index is 0.0780. The van der Waals surface area contributed by atoms with Gasteiger partial charge in [0.05, 0.1) is 0 Å². The Kier molecular flexibility index (Phi) is 7.77. The van der Waals surface area contributed by atoms with Crippen molar-refractivity contribution >= 4 is 17.5 Å². The Balaban J connectivity index is 1.69. The first kappa shape index (κ1) is 25.8. The summed E-state index contributed by atoms with van der Waals surface area (Å²) in [5.41, 5.74) is 2.87. The molecule has 2 aromatic heterocycles. The maximum Gasteiger partial charge on any atom is 0.295 e. The summed E-state index contributed by atoms with van der Waals surface area (Å²) in [6.45, 7) is 6.60. The SMILES string of the molecule is CC(C)(C)c1ccc(N(C(=O)c2ncc[nH]2)C(C(=O)NCCc2cccc(F)c2)c2cccnc2)cc1. The summed E-state index contributed by atoms with van der Waals surface area (Å²) in [6.07, 6.45) is 6.68. The Hall–Kier alpha value is -4.33. The summed E-state index contributed by atoms with van der Waals surface area (Å²) in [6, 6.07) is 16.3. The van der Waals surface area contributed by atoms with Crippen molar-refractivity contribution < 1.29 is 14.0 Å². The molecule has 0 saturated carbocycles. The molecule has 0 aliphatic rings. The molecule has 37 heavy (non-hydrogen) atoms. The molecule has 0 aliphatic heterocycles. The van der Waals surface area contributed by atoms with E-state index in [1.165, 1.54) is 23.2 Å². The van der Waals surface area contributed by atoms with Crippen LogP contribution in [0.25, 0.3) is 0 Å². The molecule has 1 unspecified atom stereocenters. The fourth-order valence-corrected chi connectivity index (χ4v) is 4.08. The Bertz CT molecular complexity index is 1330. The number of amides is 2. The third kappa shape index (κ3) is 6.27. The van der Waals surface area contributed by atoms with Gasteiger partial charge in [0, 0.05) is 42.6 Å². The van der Waals surface area contributed by atoms with Crippen LogP contribution in [0.1, 0.15) is 54.1 Å². The highest BCUT2D eigenvalue weighted by Crippen LogP contribution is 2.31. The smallest absolute Gasteiger partial charge is 0.295 e. The van der Waals surface area contributed by atoms with E-state index in [1.807, 2.05) is 24.3 Å². The van der Waals surface area contributed by atoms with Crippen LogP contribution in [0.15, 0.2) is 85.5 Å². The summed E-state index contributed by atoms with van der Waals surface area (Å²) in [7, 11) is 0. The van der Waals surface area contributed by atoms with E-state index in [4.69, 9.17) is 0 Å². The van der Waals surface area contributed by atoms with Gasteiger partial charge < -0.3 is 10.3 Å². The Morgan fingerprint density at radius 2 is 1.84 bits per heavy atom. The number of nitrogens with one attached hydrogen (secondary N) is 2. The highest BCUT2D eigenvalue weighted by molar-refractivity contribution is 6.08. The van der Waals surface area contributed by atoms with Crippen LogP contribution in [0.4, 0.5) is 10.1 Å². The number of hydrogen-bond donors (Lipinski definition) is 2. The molecular weight excluding hydrogens is 469 g/mol. The number of benzene rings is 2. The van der Waals surface area contributed by atoms with Crippen molar-refractivity contribution in [3.8, 4) is 0 Å². The number of carbonyl (C=O) groups is 2. The van der Waals surface area contributed by atoms with E-state index >= 15 is 0 Å². The van der Waals surface area contributed by atoms with Gasteiger partial charge in [0.15, 0.2) is 5.82 Å². The van der Waals surface area contributed by atoms with Crippen LogP contribution in [0, 0.1) is 5.82 Å². The van der Waals surface area contributed by atoms with Gasteiger partial charge in [-0.1, -0.05) is 51.1 Å². The Labute approximate surface area is 215 Å². The monoisotopic (exact) mass is 499 g/mol. The van der Waals surface area contributed by atoms with Gasteiger partial charge in [-0.05, 0) is 53.3 Å². The normalized spacial score (nSPS) is 12.1. The molecule has 4 rings (SSSR count). The molecule has 0 bridgehead atoms. The number of H-pyrrole nitrogens is 1. The highest BCUT2D eigenvalue weighted by atomic mass is 19.1. The summed E-state index contributed by atoms with van der Waals surface area (Å²) in [5, 5.41) is 2.92. The second kappa shape index (κ2) is 11.2. The van der Waals surface area contributed by atoms with Crippen molar-refractivity contribution in [3.63, 3.8) is 0 Å². The number of pyridine rings is 1. The maximum absolute atomic E-state index is 13.7. The number of halogens is 1. The topological polar surface area (TPSA) is 91.0 Å². The lowest BCUT2D eigenvalue weighted by Gasteiger charge is -2.31. The van der Waals surface area contributed by atoms with Crippen molar-refractivity contribution in [1.29, 1.82) is 0 Å². The van der Waals surface area contributed by atoms with Gasteiger partial charge in [-0.2, -0.15) is 0 Å². The van der Waals surface area contributed by atoms with Crippen LogP contribution in [-0.2, 0) is 16.6 Å². The molecule has 2 amide bonds. The second-order valence-corrected chi connectivity index (χ2v) is 9.77. The number of rotatable bonds is 8. The molecule has 0 saturated heterocycles. The lowest BCUT2D eigenvalue weighted by atomic mass is 9.87. The lowest BCUT2D eigenvalue weighted by molar-refractivity contribution is -0.122. The predicted octanol–water partition coefficient (Wildman–Crippen LogP) is 4.99. The van der Waals surface area contributed by atoms with E-state index < -0.39 is 11.9 Å². The van der Waals surface area contributed by atoms with Crippen molar-refractivity contribution in [2.24, 2.45) is 0 Å². The lowest BCUT2D eigenvalue weighted by Crippen LogP contribution is -2.45. The van der Waals surface area contributed by atoms with E-state index in [9.17, 15) is 14.0 Å². The molecule has 7 nitrogen and oxygen atoms in total. The van der Waals surface area contributed by atoms with Crippen molar-refractivity contribution in [3.05, 3.63) is 114 Å². The molecule has 2 heterocycles. The van der Waals surface area contributed by atoms with Gasteiger partial charge in [0.25, 0.3) is 5.91 Å². The minimum atomic E-state index is -1.01. The maximum atomic E-state index is 13.7. The summed E-state index contributed by atoms with van der Waals surface area (Å²) < 4.78 is 13.6. The molecule has 190 valence electrons. The standard InChI is InChI=1S/C29H30FN5O2/c1-29(2,3)22-9-11-24(12-10-22)35(28(37)26-32-16-17-33-26)25(21-7-5-14-31-19-21)27(36)34-15-13-20-6-4-8-23(30)18-20/h4-12,14,16-19,25H,13,15H2,1-3H3,(H,32,33)(H,34,36). The van der Waals surface area contributed by atoms with Crippen molar-refractivity contribution in [1.82, 2.24) is 20.3 Å². The highest BCUT2D eigenvalue weighted by Gasteiger charge is 2.34. The van der Waals surface area contributed by atoms with E-state index in [1.54, 1.807) is 42.9 Å². The van der Waals surface area contributed by atoms with Crippen LogP contribution in [-0.4, -0.2) is 33.3 Å². The zero-order chi connectivity index (χ0) is 26.4. The number of imidazole rings is 1. The Morgan fingerprint density at radius 3 is 2.46 bits per heavy atom. The van der Waals surface area contributed by atoms with E-state index in [-0.39, 0.29) is 29.5 Å². The molecular formula is C29H30FN5O2. The molecule has 8 heteroatoms. The van der Waals surface area contributed by atoms with Gasteiger partial charge in [0.1, 0.15) is 11.9 Å². The summed E-state index contributed by atoms with van der Waals surface area (Å²) in [5.74, 6) is -1.06. The molecule has 2 aromatic carbocycles. The first-order chi connectivity index (χ1) is 17.7. The van der Waals surface area contributed by atoms with Crippen LogP contribution in [0.3, 0.4) is 0 Å². The zero-order valence-electron chi connectivity index (χ0n) is 21.1. The van der Waals surface area contributed by atoms with Crippen LogP contribution < -0.4 is 10.2 Å². The van der Waals surface area contributed by atoms with Crippen LogP contribution in [0.5, 0.6) is 0 Å². The Morgan fingerprint density at radius 1 is 1.05 bits per heavy atom. The molecule has 0 fully saturated rings. The van der Waals surface area contributed by atoms with Gasteiger partial charge in [0.2, 0.25) is 5.91 Å². The number of anilines is 1. The molecule has 1 atom stereocenters.